The average Bonchev–Trinajstić information content (AvgIpc) is 3.84. The Morgan fingerprint density at radius 2 is 0.860 bits per heavy atom. The van der Waals surface area contributed by atoms with Crippen LogP contribution in [0.1, 0.15) is 0 Å². The summed E-state index contributed by atoms with van der Waals surface area (Å²) < 4.78 is 8.80. The minimum Gasteiger partial charge on any atom is -0.456 e. The van der Waals surface area contributed by atoms with E-state index in [4.69, 9.17) is 4.42 Å². The summed E-state index contributed by atoms with van der Waals surface area (Å²) in [5.41, 5.74) is 15.6. The summed E-state index contributed by atoms with van der Waals surface area (Å²) in [6.07, 6.45) is 0. The Balaban J connectivity index is 1.04. The predicted molar refractivity (Wildman–Crippen MR) is 239 cm³/mol. The maximum atomic E-state index is 6.40. The van der Waals surface area contributed by atoms with E-state index in [1.807, 2.05) is 12.1 Å². The summed E-state index contributed by atoms with van der Waals surface area (Å²) in [4.78, 5) is 2.36. The molecular formula is C54H36N2O. The van der Waals surface area contributed by atoms with Gasteiger partial charge in [-0.25, -0.2) is 0 Å². The number of rotatable bonds is 7. The number of anilines is 3. The third-order valence-electron chi connectivity index (χ3n) is 11.2. The fraction of sp³-hybridized carbons (Fsp3) is 0. The summed E-state index contributed by atoms with van der Waals surface area (Å²) in [6, 6.07) is 78.1. The van der Waals surface area contributed by atoms with Crippen molar-refractivity contribution in [2.75, 3.05) is 4.90 Å². The Labute approximate surface area is 330 Å². The Bertz CT molecular complexity index is 3170. The molecule has 0 aliphatic carbocycles. The van der Waals surface area contributed by atoms with Crippen LogP contribution in [0.3, 0.4) is 0 Å². The molecule has 0 aliphatic heterocycles. The van der Waals surface area contributed by atoms with Crippen LogP contribution in [-0.4, -0.2) is 4.57 Å². The van der Waals surface area contributed by atoms with E-state index in [9.17, 15) is 0 Å². The van der Waals surface area contributed by atoms with E-state index in [0.717, 1.165) is 50.3 Å². The van der Waals surface area contributed by atoms with Gasteiger partial charge in [-0.3, -0.25) is 0 Å². The van der Waals surface area contributed by atoms with Gasteiger partial charge in [-0.05, 0) is 94.5 Å². The molecule has 3 nitrogen and oxygen atoms in total. The van der Waals surface area contributed by atoms with Gasteiger partial charge in [-0.2, -0.15) is 0 Å². The lowest BCUT2D eigenvalue weighted by molar-refractivity contribution is 0.669. The molecule has 11 rings (SSSR count). The van der Waals surface area contributed by atoms with Crippen molar-refractivity contribution in [3.05, 3.63) is 218 Å². The minimum absolute atomic E-state index is 0.866. The second kappa shape index (κ2) is 13.6. The van der Waals surface area contributed by atoms with Crippen LogP contribution in [0, 0.1) is 0 Å². The lowest BCUT2D eigenvalue weighted by Crippen LogP contribution is -2.10. The van der Waals surface area contributed by atoms with Crippen molar-refractivity contribution in [3.63, 3.8) is 0 Å². The monoisotopic (exact) mass is 728 g/mol. The lowest BCUT2D eigenvalue weighted by atomic mass is 9.98. The summed E-state index contributed by atoms with van der Waals surface area (Å²) in [7, 11) is 0. The van der Waals surface area contributed by atoms with E-state index in [1.165, 1.54) is 49.6 Å². The molecule has 57 heavy (non-hydrogen) atoms. The molecule has 9 aromatic carbocycles. The molecule has 0 fully saturated rings. The second-order valence-electron chi connectivity index (χ2n) is 14.5. The van der Waals surface area contributed by atoms with Crippen molar-refractivity contribution in [2.24, 2.45) is 0 Å². The molecule has 0 unspecified atom stereocenters. The van der Waals surface area contributed by atoms with Crippen molar-refractivity contribution < 1.29 is 4.42 Å². The molecule has 2 heterocycles. The first-order valence-electron chi connectivity index (χ1n) is 19.4. The van der Waals surface area contributed by atoms with Crippen LogP contribution in [0.4, 0.5) is 17.1 Å². The highest BCUT2D eigenvalue weighted by molar-refractivity contribution is 6.13. The van der Waals surface area contributed by atoms with Crippen LogP contribution in [-0.2, 0) is 0 Å². The summed E-state index contributed by atoms with van der Waals surface area (Å²) in [5, 5.41) is 4.70. The van der Waals surface area contributed by atoms with Crippen molar-refractivity contribution in [1.29, 1.82) is 0 Å². The van der Waals surface area contributed by atoms with Crippen molar-refractivity contribution in [2.45, 2.75) is 0 Å². The zero-order valence-corrected chi connectivity index (χ0v) is 31.1. The molecule has 11 aromatic rings. The first-order valence-corrected chi connectivity index (χ1v) is 19.4. The predicted octanol–water partition coefficient (Wildman–Crippen LogP) is 15.2. The van der Waals surface area contributed by atoms with Crippen LogP contribution in [0.15, 0.2) is 223 Å². The first-order chi connectivity index (χ1) is 28.3. The van der Waals surface area contributed by atoms with Crippen LogP contribution < -0.4 is 4.90 Å². The minimum atomic E-state index is 0.866. The van der Waals surface area contributed by atoms with Gasteiger partial charge in [0.15, 0.2) is 0 Å². The molecule has 0 atom stereocenters. The normalized spacial score (nSPS) is 11.5. The number of hydrogen-bond acceptors (Lipinski definition) is 2. The largest absolute Gasteiger partial charge is 0.456 e. The standard InChI is InChI=1S/C54H36N2O/c1-2-14-37(15-3-1)40-16-12-17-41(36-40)38-28-32-42(33-29-38)55(51-25-13-27-53-54(51)47-21-7-11-26-52(47)57-53)43-34-30-39(31-35-43)44-18-4-8-22-48(44)56-49-23-9-5-19-45(49)46-20-6-10-24-50(46)56/h1-36H. The quantitative estimate of drug-likeness (QED) is 0.163. The Morgan fingerprint density at radius 1 is 0.351 bits per heavy atom. The molecule has 0 saturated heterocycles. The number of hydrogen-bond donors (Lipinski definition) is 0. The van der Waals surface area contributed by atoms with Crippen molar-refractivity contribution in [3.8, 4) is 39.1 Å². The molecule has 268 valence electrons. The van der Waals surface area contributed by atoms with Crippen molar-refractivity contribution in [1.82, 2.24) is 4.57 Å². The second-order valence-corrected chi connectivity index (χ2v) is 14.5. The molecule has 0 aliphatic rings. The highest BCUT2D eigenvalue weighted by atomic mass is 16.3. The zero-order chi connectivity index (χ0) is 37.7. The molecule has 0 N–H and O–H groups in total. The molecule has 2 aromatic heterocycles. The molecule has 0 spiro atoms. The molecular weight excluding hydrogens is 693 g/mol. The van der Waals surface area contributed by atoms with Crippen molar-refractivity contribution >= 4 is 60.8 Å². The third-order valence-corrected chi connectivity index (χ3v) is 11.2. The Kier molecular flexibility index (Phi) is 7.82. The summed E-state index contributed by atoms with van der Waals surface area (Å²) in [6.45, 7) is 0. The van der Waals surface area contributed by atoms with Crippen LogP contribution >= 0.6 is 0 Å². The summed E-state index contributed by atoms with van der Waals surface area (Å²) >= 11 is 0. The van der Waals surface area contributed by atoms with Gasteiger partial charge < -0.3 is 13.9 Å². The topological polar surface area (TPSA) is 21.3 Å². The third kappa shape index (κ3) is 5.60. The van der Waals surface area contributed by atoms with Gasteiger partial charge in [0.25, 0.3) is 0 Å². The van der Waals surface area contributed by atoms with Gasteiger partial charge in [0, 0.05) is 33.1 Å². The lowest BCUT2D eigenvalue weighted by Gasteiger charge is -2.27. The maximum Gasteiger partial charge on any atom is 0.137 e. The van der Waals surface area contributed by atoms with Gasteiger partial charge >= 0.3 is 0 Å². The number of fused-ring (bicyclic) bond motifs is 6. The van der Waals surface area contributed by atoms with Gasteiger partial charge in [-0.15, -0.1) is 0 Å². The Morgan fingerprint density at radius 3 is 1.56 bits per heavy atom. The first kappa shape index (κ1) is 32.8. The average molecular weight is 729 g/mol. The van der Waals surface area contributed by atoms with E-state index in [0.29, 0.717) is 0 Å². The maximum absolute atomic E-state index is 6.40. The molecule has 0 saturated carbocycles. The van der Waals surface area contributed by atoms with Gasteiger partial charge in [0.2, 0.25) is 0 Å². The highest BCUT2D eigenvalue weighted by Crippen LogP contribution is 2.44. The molecule has 0 radical (unpaired) electrons. The Hall–Kier alpha value is -7.62. The number of furan rings is 1. The van der Waals surface area contributed by atoms with E-state index < -0.39 is 0 Å². The van der Waals surface area contributed by atoms with Gasteiger partial charge in [0.1, 0.15) is 11.2 Å². The highest BCUT2D eigenvalue weighted by Gasteiger charge is 2.20. The van der Waals surface area contributed by atoms with E-state index in [-0.39, 0.29) is 0 Å². The fourth-order valence-electron chi connectivity index (χ4n) is 8.57. The van der Waals surface area contributed by atoms with Crippen LogP contribution in [0.2, 0.25) is 0 Å². The zero-order valence-electron chi connectivity index (χ0n) is 31.1. The summed E-state index contributed by atoms with van der Waals surface area (Å²) in [5.74, 6) is 0. The van der Waals surface area contributed by atoms with Crippen LogP contribution in [0.25, 0.3) is 82.8 Å². The van der Waals surface area contributed by atoms with Gasteiger partial charge in [-0.1, -0.05) is 152 Å². The number of nitrogens with zero attached hydrogens (tertiary/aromatic N) is 2. The van der Waals surface area contributed by atoms with E-state index in [1.54, 1.807) is 0 Å². The molecule has 3 heteroatoms. The smallest absolute Gasteiger partial charge is 0.137 e. The fourth-order valence-corrected chi connectivity index (χ4v) is 8.57. The van der Waals surface area contributed by atoms with E-state index in [2.05, 4.69) is 216 Å². The van der Waals surface area contributed by atoms with Gasteiger partial charge in [0.05, 0.1) is 27.8 Å². The number of aromatic nitrogens is 1. The number of benzene rings is 9. The molecule has 0 bridgehead atoms. The molecule has 0 amide bonds. The van der Waals surface area contributed by atoms with E-state index >= 15 is 0 Å². The van der Waals surface area contributed by atoms with Crippen LogP contribution in [0.5, 0.6) is 0 Å². The SMILES string of the molecule is c1ccc(-c2cccc(-c3ccc(N(c4ccc(-c5ccccc5-n5c6ccccc6c6ccccc65)cc4)c4cccc5oc6ccccc6c45)cc3)c2)cc1. The number of para-hydroxylation sites is 4.